The van der Waals surface area contributed by atoms with Crippen molar-refractivity contribution >= 4 is 17.3 Å². The molecule has 2 aromatic heterocycles. The number of ether oxygens (including phenoxy) is 1. The Labute approximate surface area is 105 Å². The number of hydrogen-bond donors (Lipinski definition) is 1. The quantitative estimate of drug-likeness (QED) is 0.811. The van der Waals surface area contributed by atoms with Crippen LogP contribution in [0.4, 0.5) is 11.6 Å². The van der Waals surface area contributed by atoms with Gasteiger partial charge in [-0.3, -0.25) is 0 Å². The first-order valence-corrected chi connectivity index (χ1v) is 6.13. The van der Waals surface area contributed by atoms with Gasteiger partial charge in [-0.15, -0.1) is 0 Å². The predicted molar refractivity (Wildman–Crippen MR) is 69.6 cm³/mol. The topological polar surface area (TPSA) is 68.7 Å². The number of aromatic nitrogens is 3. The normalized spacial score (nSPS) is 24.7. The second kappa shape index (κ2) is 4.13. The van der Waals surface area contributed by atoms with Gasteiger partial charge in [-0.1, -0.05) is 0 Å². The lowest BCUT2D eigenvalue weighted by Gasteiger charge is -2.36. The smallest absolute Gasteiger partial charge is 0.180 e. The molecule has 1 fully saturated rings. The average Bonchev–Trinajstić information content (AvgIpc) is 2.74. The lowest BCUT2D eigenvalue weighted by Crippen LogP contribution is -2.46. The van der Waals surface area contributed by atoms with E-state index in [-0.39, 0.29) is 12.2 Å². The van der Waals surface area contributed by atoms with Crippen LogP contribution in [0.5, 0.6) is 0 Å². The molecule has 2 unspecified atom stereocenters. The zero-order valence-electron chi connectivity index (χ0n) is 10.6. The third kappa shape index (κ3) is 1.88. The zero-order valence-corrected chi connectivity index (χ0v) is 10.6. The molecule has 0 saturated carbocycles. The number of fused-ring (bicyclic) bond motifs is 1. The third-order valence-electron chi connectivity index (χ3n) is 3.09. The Morgan fingerprint density at radius 2 is 2.06 bits per heavy atom. The summed E-state index contributed by atoms with van der Waals surface area (Å²) in [5.41, 5.74) is 6.68. The molecule has 18 heavy (non-hydrogen) atoms. The maximum atomic E-state index is 5.84. The second-order valence-electron chi connectivity index (χ2n) is 4.81. The summed E-state index contributed by atoms with van der Waals surface area (Å²) in [4.78, 5) is 11.0. The fourth-order valence-electron chi connectivity index (χ4n) is 2.50. The van der Waals surface area contributed by atoms with Crippen LogP contribution < -0.4 is 10.6 Å². The van der Waals surface area contributed by atoms with Gasteiger partial charge >= 0.3 is 0 Å². The number of morpholine rings is 1. The highest BCUT2D eigenvalue weighted by Crippen LogP contribution is 2.23. The Morgan fingerprint density at radius 1 is 1.33 bits per heavy atom. The maximum absolute atomic E-state index is 5.84. The van der Waals surface area contributed by atoms with E-state index in [1.807, 2.05) is 10.6 Å². The first kappa shape index (κ1) is 11.3. The van der Waals surface area contributed by atoms with E-state index in [9.17, 15) is 0 Å². The van der Waals surface area contributed by atoms with Crippen molar-refractivity contribution < 1.29 is 4.74 Å². The lowest BCUT2D eigenvalue weighted by atomic mass is 10.2. The van der Waals surface area contributed by atoms with Gasteiger partial charge in [0.15, 0.2) is 11.5 Å². The highest BCUT2D eigenvalue weighted by molar-refractivity contribution is 5.66. The lowest BCUT2D eigenvalue weighted by molar-refractivity contribution is -0.00538. The molecule has 96 valence electrons. The van der Waals surface area contributed by atoms with Crippen molar-refractivity contribution in [1.82, 2.24) is 14.4 Å². The molecule has 0 bridgehead atoms. The van der Waals surface area contributed by atoms with Crippen molar-refractivity contribution in [2.75, 3.05) is 23.7 Å². The monoisotopic (exact) mass is 247 g/mol. The summed E-state index contributed by atoms with van der Waals surface area (Å²) in [6.45, 7) is 5.75. The van der Waals surface area contributed by atoms with E-state index in [2.05, 4.69) is 28.7 Å². The second-order valence-corrected chi connectivity index (χ2v) is 4.81. The fourth-order valence-corrected chi connectivity index (χ4v) is 2.50. The van der Waals surface area contributed by atoms with Crippen LogP contribution in [0.25, 0.3) is 5.65 Å². The molecule has 2 N–H and O–H groups in total. The van der Waals surface area contributed by atoms with Crippen LogP contribution in [0.2, 0.25) is 0 Å². The average molecular weight is 247 g/mol. The summed E-state index contributed by atoms with van der Waals surface area (Å²) in [5.74, 6) is 1.34. The molecule has 6 nitrogen and oxygen atoms in total. The molecule has 3 heterocycles. The molecular weight excluding hydrogens is 230 g/mol. The minimum atomic E-state index is 0.187. The van der Waals surface area contributed by atoms with Gasteiger partial charge < -0.3 is 19.8 Å². The largest absolute Gasteiger partial charge is 0.382 e. The van der Waals surface area contributed by atoms with Crippen molar-refractivity contribution in [2.24, 2.45) is 0 Å². The SMILES string of the molecule is CC1CN(c2nc(N)cn3ccnc23)CC(C)O1. The van der Waals surface area contributed by atoms with E-state index >= 15 is 0 Å². The highest BCUT2D eigenvalue weighted by Gasteiger charge is 2.25. The van der Waals surface area contributed by atoms with Crippen LogP contribution in [-0.4, -0.2) is 39.7 Å². The van der Waals surface area contributed by atoms with E-state index in [0.717, 1.165) is 24.6 Å². The van der Waals surface area contributed by atoms with Crippen molar-refractivity contribution in [1.29, 1.82) is 0 Å². The summed E-state index contributed by atoms with van der Waals surface area (Å²) in [6, 6.07) is 0. The number of nitrogens with two attached hydrogens (primary N) is 1. The van der Waals surface area contributed by atoms with Crippen molar-refractivity contribution in [3.63, 3.8) is 0 Å². The molecule has 1 saturated heterocycles. The molecule has 0 amide bonds. The number of nitrogen functional groups attached to an aromatic ring is 1. The van der Waals surface area contributed by atoms with Crippen LogP contribution >= 0.6 is 0 Å². The van der Waals surface area contributed by atoms with Gasteiger partial charge in [0, 0.05) is 25.5 Å². The minimum absolute atomic E-state index is 0.187. The van der Waals surface area contributed by atoms with E-state index in [1.54, 1.807) is 12.4 Å². The molecule has 3 rings (SSSR count). The first-order valence-electron chi connectivity index (χ1n) is 6.13. The van der Waals surface area contributed by atoms with Gasteiger partial charge in [0.25, 0.3) is 0 Å². The Hall–Kier alpha value is -1.82. The number of rotatable bonds is 1. The maximum Gasteiger partial charge on any atom is 0.180 e. The molecule has 2 atom stereocenters. The van der Waals surface area contributed by atoms with Crippen LogP contribution in [0.15, 0.2) is 18.6 Å². The van der Waals surface area contributed by atoms with Crippen LogP contribution in [-0.2, 0) is 4.74 Å². The molecule has 2 aromatic rings. The van der Waals surface area contributed by atoms with Gasteiger partial charge in [-0.05, 0) is 13.8 Å². The Bertz CT molecular complexity index is 557. The molecule has 1 aliphatic heterocycles. The molecule has 0 aromatic carbocycles. The standard InChI is InChI=1S/C12H17N5O/c1-8-5-17(6-9(2)18-8)12-11-14-3-4-16(11)7-10(13)15-12/h3-4,7-9H,5-6,13H2,1-2H3. The third-order valence-corrected chi connectivity index (χ3v) is 3.09. The molecular formula is C12H17N5O. The van der Waals surface area contributed by atoms with Gasteiger partial charge in [-0.25, -0.2) is 9.97 Å². The van der Waals surface area contributed by atoms with Gasteiger partial charge in [0.2, 0.25) is 0 Å². The summed E-state index contributed by atoms with van der Waals surface area (Å²) in [5, 5.41) is 0. The van der Waals surface area contributed by atoms with E-state index < -0.39 is 0 Å². The van der Waals surface area contributed by atoms with E-state index in [1.165, 1.54) is 0 Å². The number of anilines is 2. The molecule has 0 radical (unpaired) electrons. The number of imidazole rings is 1. The summed E-state index contributed by atoms with van der Waals surface area (Å²) in [7, 11) is 0. The number of nitrogens with zero attached hydrogens (tertiary/aromatic N) is 4. The minimum Gasteiger partial charge on any atom is -0.382 e. The van der Waals surface area contributed by atoms with Gasteiger partial charge in [0.05, 0.1) is 18.4 Å². The Balaban J connectivity index is 2.05. The first-order chi connectivity index (χ1) is 8.63. The summed E-state index contributed by atoms with van der Waals surface area (Å²) < 4.78 is 7.64. The molecule has 0 aliphatic carbocycles. The van der Waals surface area contributed by atoms with Crippen molar-refractivity contribution in [3.05, 3.63) is 18.6 Å². The molecule has 1 aliphatic rings. The fraction of sp³-hybridized carbons (Fsp3) is 0.500. The highest BCUT2D eigenvalue weighted by atomic mass is 16.5. The van der Waals surface area contributed by atoms with Crippen LogP contribution in [0.1, 0.15) is 13.8 Å². The van der Waals surface area contributed by atoms with Crippen molar-refractivity contribution in [3.8, 4) is 0 Å². The van der Waals surface area contributed by atoms with Crippen molar-refractivity contribution in [2.45, 2.75) is 26.1 Å². The van der Waals surface area contributed by atoms with Crippen LogP contribution in [0.3, 0.4) is 0 Å². The predicted octanol–water partition coefficient (Wildman–Crippen LogP) is 0.925. The Kier molecular flexibility index (Phi) is 2.59. The van der Waals surface area contributed by atoms with E-state index in [0.29, 0.717) is 5.82 Å². The van der Waals surface area contributed by atoms with Gasteiger partial charge in [0.1, 0.15) is 5.82 Å². The Morgan fingerprint density at radius 3 is 2.78 bits per heavy atom. The van der Waals surface area contributed by atoms with E-state index in [4.69, 9.17) is 10.5 Å². The number of hydrogen-bond acceptors (Lipinski definition) is 5. The van der Waals surface area contributed by atoms with Gasteiger partial charge in [-0.2, -0.15) is 0 Å². The van der Waals surface area contributed by atoms with Crippen LogP contribution in [0, 0.1) is 0 Å². The summed E-state index contributed by atoms with van der Waals surface area (Å²) in [6.07, 6.45) is 5.79. The summed E-state index contributed by atoms with van der Waals surface area (Å²) >= 11 is 0. The zero-order chi connectivity index (χ0) is 12.7. The molecule has 6 heteroatoms. The molecule has 0 spiro atoms.